The third-order valence-electron chi connectivity index (χ3n) is 5.57. The predicted molar refractivity (Wildman–Crippen MR) is 110 cm³/mol. The van der Waals surface area contributed by atoms with Gasteiger partial charge in [-0.2, -0.15) is 15.2 Å². The number of nitrogens with one attached hydrogen (secondary N) is 2. The topological polar surface area (TPSA) is 113 Å². The Morgan fingerprint density at radius 1 is 1.37 bits per heavy atom. The number of nitriles is 1. The first kappa shape index (κ1) is 20.8. The van der Waals surface area contributed by atoms with Crippen LogP contribution in [0.1, 0.15) is 54.2 Å². The summed E-state index contributed by atoms with van der Waals surface area (Å²) in [7, 11) is 0. The first-order valence-corrected chi connectivity index (χ1v) is 10.5. The van der Waals surface area contributed by atoms with Crippen LogP contribution < -0.4 is 10.6 Å². The van der Waals surface area contributed by atoms with E-state index in [0.717, 1.165) is 19.3 Å². The number of carbonyl (C=O) groups is 2. The third-order valence-corrected chi connectivity index (χ3v) is 6.31. The first-order valence-electron chi connectivity index (χ1n) is 9.73. The molecule has 156 valence electrons. The largest absolute Gasteiger partial charge is 0.326 e. The zero-order chi connectivity index (χ0) is 21.4. The van der Waals surface area contributed by atoms with Crippen LogP contribution in [-0.4, -0.2) is 38.4 Å². The number of rotatable bonds is 8. The Labute approximate surface area is 183 Å². The molecule has 4 rings (SSSR count). The van der Waals surface area contributed by atoms with Crippen molar-refractivity contribution in [3.05, 3.63) is 45.7 Å². The quantitative estimate of drug-likeness (QED) is 0.476. The summed E-state index contributed by atoms with van der Waals surface area (Å²) in [5.74, 6) is -0.547. The number of benzene rings is 1. The summed E-state index contributed by atoms with van der Waals surface area (Å²) < 4.78 is 0. The summed E-state index contributed by atoms with van der Waals surface area (Å²) in [5.41, 5.74) is -1.57. The lowest BCUT2D eigenvalue weighted by Crippen LogP contribution is -2.65. The predicted octanol–water partition coefficient (Wildman–Crippen LogP) is 2.82. The molecule has 1 atom stereocenters. The van der Waals surface area contributed by atoms with Crippen LogP contribution in [0.2, 0.25) is 10.0 Å². The fourth-order valence-electron chi connectivity index (χ4n) is 3.45. The number of aldehydes is 1. The van der Waals surface area contributed by atoms with E-state index >= 15 is 0 Å². The molecule has 2 N–H and O–H groups in total. The molecule has 0 unspecified atom stereocenters. The summed E-state index contributed by atoms with van der Waals surface area (Å²) in [4.78, 5) is 26.7. The van der Waals surface area contributed by atoms with E-state index in [9.17, 15) is 14.9 Å². The summed E-state index contributed by atoms with van der Waals surface area (Å²) in [6, 6.07) is 7.39. The van der Waals surface area contributed by atoms with Crippen molar-refractivity contribution in [2.75, 3.05) is 0 Å². The molecule has 0 saturated heterocycles. The second-order valence-electron chi connectivity index (χ2n) is 7.92. The SMILES string of the molecule is N#CC1(N[C@@](C=O)(Cc2ccc(Cl)c(Cl)c2)NC(=O)c2cnn(C3CCC3)n2)CC1. The summed E-state index contributed by atoms with van der Waals surface area (Å²) >= 11 is 12.1. The van der Waals surface area contributed by atoms with Crippen molar-refractivity contribution < 1.29 is 9.59 Å². The zero-order valence-corrected chi connectivity index (χ0v) is 17.6. The molecule has 8 nitrogen and oxygen atoms in total. The average Bonchev–Trinajstić information content (AvgIpc) is 3.29. The molecule has 2 aliphatic rings. The summed E-state index contributed by atoms with van der Waals surface area (Å²) in [6.07, 6.45) is 6.35. The van der Waals surface area contributed by atoms with Crippen LogP contribution in [-0.2, 0) is 11.2 Å². The highest BCUT2D eigenvalue weighted by atomic mass is 35.5. The molecule has 0 spiro atoms. The molecule has 2 aliphatic carbocycles. The zero-order valence-electron chi connectivity index (χ0n) is 16.1. The highest BCUT2D eigenvalue weighted by molar-refractivity contribution is 6.42. The van der Waals surface area contributed by atoms with E-state index in [1.54, 1.807) is 23.0 Å². The van der Waals surface area contributed by atoms with Gasteiger partial charge < -0.3 is 5.32 Å². The van der Waals surface area contributed by atoms with E-state index in [0.29, 0.717) is 34.7 Å². The van der Waals surface area contributed by atoms with Gasteiger partial charge in [0.1, 0.15) is 5.54 Å². The van der Waals surface area contributed by atoms with Crippen LogP contribution in [0.15, 0.2) is 24.4 Å². The van der Waals surface area contributed by atoms with E-state index in [4.69, 9.17) is 23.2 Å². The lowest BCUT2D eigenvalue weighted by molar-refractivity contribution is -0.114. The Kier molecular flexibility index (Phi) is 5.53. The maximum atomic E-state index is 12.9. The monoisotopic (exact) mass is 446 g/mol. The van der Waals surface area contributed by atoms with Crippen LogP contribution in [0, 0.1) is 11.3 Å². The lowest BCUT2D eigenvalue weighted by Gasteiger charge is -2.32. The van der Waals surface area contributed by atoms with E-state index in [-0.39, 0.29) is 18.2 Å². The number of hydrogen-bond acceptors (Lipinski definition) is 6. The molecular formula is C20H20Cl2N6O2. The van der Waals surface area contributed by atoms with Gasteiger partial charge in [0.05, 0.1) is 28.4 Å². The molecule has 2 saturated carbocycles. The van der Waals surface area contributed by atoms with Crippen LogP contribution >= 0.6 is 23.2 Å². The van der Waals surface area contributed by atoms with E-state index in [1.165, 1.54) is 6.20 Å². The molecule has 1 heterocycles. The van der Waals surface area contributed by atoms with Gasteiger partial charge in [-0.3, -0.25) is 14.9 Å². The number of nitrogens with zero attached hydrogens (tertiary/aromatic N) is 4. The van der Waals surface area contributed by atoms with Crippen LogP contribution in [0.4, 0.5) is 0 Å². The molecule has 2 aromatic rings. The Morgan fingerprint density at radius 2 is 2.13 bits per heavy atom. The number of halogens is 2. The minimum absolute atomic E-state index is 0.0827. The Morgan fingerprint density at radius 3 is 2.70 bits per heavy atom. The minimum Gasteiger partial charge on any atom is -0.326 e. The average molecular weight is 447 g/mol. The van der Waals surface area contributed by atoms with E-state index < -0.39 is 17.1 Å². The van der Waals surface area contributed by atoms with Crippen molar-refractivity contribution in [1.29, 1.82) is 5.26 Å². The van der Waals surface area contributed by atoms with Gasteiger partial charge in [0.15, 0.2) is 17.6 Å². The Bertz CT molecular complexity index is 1020. The van der Waals surface area contributed by atoms with Gasteiger partial charge in [-0.25, -0.2) is 0 Å². The molecule has 1 amide bonds. The van der Waals surface area contributed by atoms with Gasteiger partial charge in [0.25, 0.3) is 5.91 Å². The van der Waals surface area contributed by atoms with E-state index in [1.807, 2.05) is 0 Å². The number of aromatic nitrogens is 3. The molecule has 1 aromatic heterocycles. The van der Waals surface area contributed by atoms with Gasteiger partial charge in [0, 0.05) is 6.42 Å². The number of amides is 1. The van der Waals surface area contributed by atoms with Crippen LogP contribution in [0.25, 0.3) is 0 Å². The molecular weight excluding hydrogens is 427 g/mol. The highest BCUT2D eigenvalue weighted by Gasteiger charge is 2.50. The molecule has 0 radical (unpaired) electrons. The van der Waals surface area contributed by atoms with Crippen molar-refractivity contribution in [3.8, 4) is 6.07 Å². The highest BCUT2D eigenvalue weighted by Crippen LogP contribution is 2.36. The molecule has 1 aromatic carbocycles. The Hall–Kier alpha value is -2.47. The maximum absolute atomic E-state index is 12.9. The minimum atomic E-state index is -1.51. The molecule has 10 heteroatoms. The fourth-order valence-corrected chi connectivity index (χ4v) is 3.77. The molecule has 0 bridgehead atoms. The second kappa shape index (κ2) is 7.99. The van der Waals surface area contributed by atoms with Crippen LogP contribution in [0.3, 0.4) is 0 Å². The Balaban J connectivity index is 1.59. The summed E-state index contributed by atoms with van der Waals surface area (Å²) in [6.45, 7) is 0. The van der Waals surface area contributed by atoms with E-state index in [2.05, 4.69) is 26.9 Å². The number of carbonyl (C=O) groups excluding carboxylic acids is 2. The van der Waals surface area contributed by atoms with Gasteiger partial charge in [-0.1, -0.05) is 29.3 Å². The van der Waals surface area contributed by atoms with Gasteiger partial charge in [-0.15, -0.1) is 5.10 Å². The van der Waals surface area contributed by atoms with Gasteiger partial charge in [-0.05, 0) is 49.8 Å². The number of hydrogen-bond donors (Lipinski definition) is 2. The molecule has 30 heavy (non-hydrogen) atoms. The second-order valence-corrected chi connectivity index (χ2v) is 8.74. The maximum Gasteiger partial charge on any atom is 0.275 e. The van der Waals surface area contributed by atoms with Crippen molar-refractivity contribution in [1.82, 2.24) is 25.6 Å². The third kappa shape index (κ3) is 4.19. The van der Waals surface area contributed by atoms with Crippen molar-refractivity contribution in [2.45, 2.75) is 55.8 Å². The van der Waals surface area contributed by atoms with Crippen molar-refractivity contribution >= 4 is 35.4 Å². The first-order chi connectivity index (χ1) is 14.4. The van der Waals surface area contributed by atoms with Crippen LogP contribution in [0.5, 0.6) is 0 Å². The van der Waals surface area contributed by atoms with Crippen molar-refractivity contribution in [2.24, 2.45) is 0 Å². The smallest absolute Gasteiger partial charge is 0.275 e. The molecule has 0 aliphatic heterocycles. The standard InChI is InChI=1S/C20H20Cl2N6O2/c21-15-5-4-13(8-16(15)22)9-20(12-29,27-19(11-23)6-7-19)25-18(30)17-10-24-28(26-17)14-2-1-3-14/h4-5,8,10,12,14,27H,1-3,6-7,9H2,(H,25,30)/t20-/m1/s1. The summed E-state index contributed by atoms with van der Waals surface area (Å²) in [5, 5.41) is 24.5. The normalized spacial score (nSPS) is 19.2. The molecule has 2 fully saturated rings. The lowest BCUT2D eigenvalue weighted by atomic mass is 9.94. The van der Waals surface area contributed by atoms with Gasteiger partial charge >= 0.3 is 0 Å². The van der Waals surface area contributed by atoms with Gasteiger partial charge in [0.2, 0.25) is 0 Å². The fraction of sp³-hybridized carbons (Fsp3) is 0.450. The van der Waals surface area contributed by atoms with Crippen molar-refractivity contribution in [3.63, 3.8) is 0 Å².